The summed E-state index contributed by atoms with van der Waals surface area (Å²) in [5, 5.41) is 29.1. The van der Waals surface area contributed by atoms with Gasteiger partial charge >= 0.3 is 0 Å². The minimum absolute atomic E-state index is 0.108. The van der Waals surface area contributed by atoms with Gasteiger partial charge in [0.1, 0.15) is 5.76 Å². The lowest BCUT2D eigenvalue weighted by molar-refractivity contribution is 0.403. The molecule has 0 aliphatic carbocycles. The highest BCUT2D eigenvalue weighted by Gasteiger charge is 2.09. The number of phenolic OH excluding ortho intramolecular Hbond substituents is 2. The van der Waals surface area contributed by atoms with Crippen LogP contribution in [0, 0.1) is 6.92 Å². The lowest BCUT2D eigenvalue weighted by Crippen LogP contribution is -1.92. The van der Waals surface area contributed by atoms with Crippen LogP contribution in [-0.4, -0.2) is 15.3 Å². The van der Waals surface area contributed by atoms with Gasteiger partial charge in [-0.1, -0.05) is 50.3 Å². The van der Waals surface area contributed by atoms with Gasteiger partial charge in [0.05, 0.1) is 0 Å². The molecule has 0 spiro atoms. The van der Waals surface area contributed by atoms with Crippen LogP contribution in [0.25, 0.3) is 11.6 Å². The summed E-state index contributed by atoms with van der Waals surface area (Å²) < 4.78 is 0. The smallest absolute Gasteiger partial charge is 0.157 e. The molecule has 3 heteroatoms. The lowest BCUT2D eigenvalue weighted by Gasteiger charge is -2.10. The van der Waals surface area contributed by atoms with Crippen molar-refractivity contribution < 1.29 is 15.3 Å². The maximum Gasteiger partial charge on any atom is 0.157 e. The Kier molecular flexibility index (Phi) is 6.94. The molecule has 0 heterocycles. The van der Waals surface area contributed by atoms with Gasteiger partial charge in [-0.05, 0) is 48.7 Å². The van der Waals surface area contributed by atoms with Gasteiger partial charge < -0.3 is 15.3 Å². The van der Waals surface area contributed by atoms with Gasteiger partial charge in [-0.25, -0.2) is 0 Å². The Labute approximate surface area is 137 Å². The Morgan fingerprint density at radius 2 is 1.61 bits per heavy atom. The van der Waals surface area contributed by atoms with Crippen LogP contribution in [0.15, 0.2) is 54.3 Å². The normalized spacial score (nSPS) is 11.7. The maximum atomic E-state index is 10.3. The standard InChI is InChI=1S/C18H18O3.C2H6/c1-3-14(15-7-5-4-6-12(15)2)17(20)10-13-8-9-16(19)18(21)11-13;1-2/h3-11,19-21H,1-2H3;1-2H3/b14-3+,17-10-;. The molecule has 0 aliphatic heterocycles. The molecule has 0 saturated carbocycles. The summed E-state index contributed by atoms with van der Waals surface area (Å²) in [5.41, 5.74) is 3.35. The molecule has 0 bridgehead atoms. The van der Waals surface area contributed by atoms with Crippen LogP contribution in [-0.2, 0) is 0 Å². The first-order valence-corrected chi connectivity index (χ1v) is 7.68. The summed E-state index contributed by atoms with van der Waals surface area (Å²) in [6, 6.07) is 12.2. The molecule has 0 unspecified atom stereocenters. The van der Waals surface area contributed by atoms with Crippen molar-refractivity contribution in [1.82, 2.24) is 0 Å². The fourth-order valence-corrected chi connectivity index (χ4v) is 2.18. The van der Waals surface area contributed by atoms with Crippen molar-refractivity contribution in [2.75, 3.05) is 0 Å². The number of rotatable bonds is 3. The van der Waals surface area contributed by atoms with Crippen molar-refractivity contribution in [3.8, 4) is 11.5 Å². The third kappa shape index (κ3) is 4.65. The second-order valence-electron chi connectivity index (χ2n) is 4.80. The Balaban J connectivity index is 0.00000127. The van der Waals surface area contributed by atoms with E-state index in [1.807, 2.05) is 58.0 Å². The number of aromatic hydroxyl groups is 2. The molecule has 0 aromatic heterocycles. The Morgan fingerprint density at radius 1 is 0.957 bits per heavy atom. The predicted molar refractivity (Wildman–Crippen MR) is 96.6 cm³/mol. The van der Waals surface area contributed by atoms with Crippen molar-refractivity contribution in [3.05, 3.63) is 71.0 Å². The zero-order valence-corrected chi connectivity index (χ0v) is 14.0. The van der Waals surface area contributed by atoms with Gasteiger partial charge in [-0.2, -0.15) is 0 Å². The van der Waals surface area contributed by atoms with Crippen LogP contribution in [0.4, 0.5) is 0 Å². The zero-order valence-electron chi connectivity index (χ0n) is 14.0. The highest BCUT2D eigenvalue weighted by molar-refractivity contribution is 5.83. The van der Waals surface area contributed by atoms with E-state index in [2.05, 4.69) is 0 Å². The molecule has 3 N–H and O–H groups in total. The minimum atomic E-state index is -0.213. The van der Waals surface area contributed by atoms with Crippen LogP contribution < -0.4 is 0 Å². The van der Waals surface area contributed by atoms with Crippen LogP contribution in [0.1, 0.15) is 37.5 Å². The minimum Gasteiger partial charge on any atom is -0.507 e. The maximum absolute atomic E-state index is 10.3. The first-order valence-electron chi connectivity index (χ1n) is 7.68. The van der Waals surface area contributed by atoms with Crippen molar-refractivity contribution in [3.63, 3.8) is 0 Å². The Bertz CT molecular complexity index is 713. The van der Waals surface area contributed by atoms with Crippen LogP contribution in [0.2, 0.25) is 0 Å². The van der Waals surface area contributed by atoms with Gasteiger partial charge in [0.2, 0.25) is 0 Å². The van der Waals surface area contributed by atoms with E-state index >= 15 is 0 Å². The number of aliphatic hydroxyl groups excluding tert-OH is 1. The number of aryl methyl sites for hydroxylation is 1. The van der Waals surface area contributed by atoms with Gasteiger partial charge in [0.15, 0.2) is 11.5 Å². The van der Waals surface area contributed by atoms with Gasteiger partial charge in [0, 0.05) is 5.57 Å². The van der Waals surface area contributed by atoms with Crippen LogP contribution in [0.5, 0.6) is 11.5 Å². The third-order valence-electron chi connectivity index (χ3n) is 3.30. The lowest BCUT2D eigenvalue weighted by atomic mass is 9.98. The van der Waals surface area contributed by atoms with Crippen molar-refractivity contribution in [2.24, 2.45) is 0 Å². The molecule has 0 fully saturated rings. The average Bonchev–Trinajstić information content (AvgIpc) is 2.55. The molecule has 3 nitrogen and oxygen atoms in total. The number of allylic oxidation sites excluding steroid dienone is 2. The molecule has 0 saturated heterocycles. The van der Waals surface area contributed by atoms with Crippen molar-refractivity contribution >= 4 is 11.6 Å². The molecule has 0 atom stereocenters. The van der Waals surface area contributed by atoms with Crippen LogP contribution >= 0.6 is 0 Å². The van der Waals surface area contributed by atoms with E-state index in [1.54, 1.807) is 12.1 Å². The summed E-state index contributed by atoms with van der Waals surface area (Å²) >= 11 is 0. The quantitative estimate of drug-likeness (QED) is 0.402. The number of aliphatic hydroxyl groups is 1. The topological polar surface area (TPSA) is 60.7 Å². The molecular formula is C20H24O3. The number of phenols is 2. The highest BCUT2D eigenvalue weighted by atomic mass is 16.3. The predicted octanol–water partition coefficient (Wildman–Crippen LogP) is 5.43. The van der Waals surface area contributed by atoms with E-state index in [9.17, 15) is 15.3 Å². The van der Waals surface area contributed by atoms with Gasteiger partial charge in [-0.15, -0.1) is 0 Å². The van der Waals surface area contributed by atoms with E-state index in [0.29, 0.717) is 5.56 Å². The zero-order chi connectivity index (χ0) is 17.4. The van der Waals surface area contributed by atoms with E-state index in [-0.39, 0.29) is 17.3 Å². The SMILES string of the molecule is C/C=C(/C(O)=C/c1ccc(O)c(O)c1)c1ccccc1C.CC. The molecule has 2 rings (SSSR count). The number of hydrogen-bond donors (Lipinski definition) is 3. The Hall–Kier alpha value is -2.68. The highest BCUT2D eigenvalue weighted by Crippen LogP contribution is 2.29. The van der Waals surface area contributed by atoms with Gasteiger partial charge in [-0.3, -0.25) is 0 Å². The summed E-state index contributed by atoms with van der Waals surface area (Å²) in [5.74, 6) is -0.289. The molecule has 0 aliphatic rings. The van der Waals surface area contributed by atoms with Crippen LogP contribution in [0.3, 0.4) is 0 Å². The molecule has 0 radical (unpaired) electrons. The number of benzene rings is 2. The van der Waals surface area contributed by atoms with E-state index < -0.39 is 0 Å². The van der Waals surface area contributed by atoms with Crippen molar-refractivity contribution in [2.45, 2.75) is 27.7 Å². The summed E-state index contributed by atoms with van der Waals surface area (Å²) in [6.07, 6.45) is 3.40. The molecule has 0 amide bonds. The van der Waals surface area contributed by atoms with E-state index in [4.69, 9.17) is 0 Å². The van der Waals surface area contributed by atoms with E-state index in [1.165, 1.54) is 12.1 Å². The fourth-order valence-electron chi connectivity index (χ4n) is 2.18. The van der Waals surface area contributed by atoms with Gasteiger partial charge in [0.25, 0.3) is 0 Å². The second kappa shape index (κ2) is 8.69. The summed E-state index contributed by atoms with van der Waals surface area (Å²) in [4.78, 5) is 0. The molecule has 23 heavy (non-hydrogen) atoms. The largest absolute Gasteiger partial charge is 0.507 e. The number of hydrogen-bond acceptors (Lipinski definition) is 3. The average molecular weight is 312 g/mol. The van der Waals surface area contributed by atoms with Crippen molar-refractivity contribution in [1.29, 1.82) is 0 Å². The molecule has 2 aromatic rings. The first-order chi connectivity index (χ1) is 11.0. The molecule has 2 aromatic carbocycles. The monoisotopic (exact) mass is 312 g/mol. The Morgan fingerprint density at radius 3 is 2.17 bits per heavy atom. The third-order valence-corrected chi connectivity index (χ3v) is 3.30. The molecule has 122 valence electrons. The summed E-state index contributed by atoms with van der Waals surface area (Å²) in [7, 11) is 0. The first kappa shape index (κ1) is 18.4. The van der Waals surface area contributed by atoms with E-state index in [0.717, 1.165) is 16.7 Å². The second-order valence-corrected chi connectivity index (χ2v) is 4.80. The fraction of sp³-hybridized carbons (Fsp3) is 0.200. The summed E-state index contributed by atoms with van der Waals surface area (Å²) in [6.45, 7) is 7.85. The molecular weight excluding hydrogens is 288 g/mol.